The minimum Gasteiger partial charge on any atom is -0.382 e. The van der Waals surface area contributed by atoms with Gasteiger partial charge in [0.1, 0.15) is 5.54 Å². The minimum atomic E-state index is -0.777. The molecule has 7 nitrogen and oxygen atoms in total. The van der Waals surface area contributed by atoms with Crippen molar-refractivity contribution >= 4 is 0 Å². The predicted molar refractivity (Wildman–Crippen MR) is 69.4 cm³/mol. The Morgan fingerprint density at radius 3 is 2.63 bits per heavy atom. The van der Waals surface area contributed by atoms with Crippen LogP contribution in [0, 0.1) is 13.8 Å². The van der Waals surface area contributed by atoms with E-state index in [2.05, 4.69) is 15.2 Å². The van der Waals surface area contributed by atoms with Gasteiger partial charge in [-0.2, -0.15) is 10.1 Å². The van der Waals surface area contributed by atoms with E-state index >= 15 is 0 Å². The van der Waals surface area contributed by atoms with E-state index in [1.807, 2.05) is 20.9 Å². The molecule has 0 spiro atoms. The van der Waals surface area contributed by atoms with E-state index < -0.39 is 5.54 Å². The lowest BCUT2D eigenvalue weighted by Gasteiger charge is -2.18. The van der Waals surface area contributed by atoms with Gasteiger partial charge in [-0.15, -0.1) is 0 Å². The Labute approximate surface area is 111 Å². The molecule has 0 radical (unpaired) electrons. The Balaban J connectivity index is 2.41. The highest BCUT2D eigenvalue weighted by atomic mass is 16.5. The molecule has 2 aromatic heterocycles. The first-order chi connectivity index (χ1) is 8.86. The fourth-order valence-electron chi connectivity index (χ4n) is 2.00. The maximum atomic E-state index is 6.09. The van der Waals surface area contributed by atoms with Gasteiger partial charge >= 0.3 is 0 Å². The highest BCUT2D eigenvalue weighted by molar-refractivity contribution is 5.59. The van der Waals surface area contributed by atoms with Gasteiger partial charge in [-0.3, -0.25) is 4.68 Å². The van der Waals surface area contributed by atoms with Crippen molar-refractivity contribution in [3.8, 4) is 11.5 Å². The van der Waals surface area contributed by atoms with Crippen molar-refractivity contribution in [2.45, 2.75) is 26.3 Å². The molecule has 0 amide bonds. The molecule has 0 saturated carbocycles. The first-order valence-electron chi connectivity index (χ1n) is 5.99. The Kier molecular flexibility index (Phi) is 3.42. The van der Waals surface area contributed by atoms with E-state index in [1.165, 1.54) is 0 Å². The summed E-state index contributed by atoms with van der Waals surface area (Å²) in [5, 5.41) is 8.27. The lowest BCUT2D eigenvalue weighted by Crippen LogP contribution is -2.38. The zero-order valence-electron chi connectivity index (χ0n) is 11.9. The van der Waals surface area contributed by atoms with Gasteiger partial charge in [-0.1, -0.05) is 5.16 Å². The van der Waals surface area contributed by atoms with Crippen LogP contribution in [0.5, 0.6) is 0 Å². The van der Waals surface area contributed by atoms with Gasteiger partial charge in [0, 0.05) is 19.9 Å². The van der Waals surface area contributed by atoms with Crippen molar-refractivity contribution in [3.05, 3.63) is 17.2 Å². The number of methoxy groups -OCH3 is 1. The van der Waals surface area contributed by atoms with Crippen LogP contribution in [0.15, 0.2) is 4.52 Å². The van der Waals surface area contributed by atoms with E-state index in [-0.39, 0.29) is 0 Å². The third-order valence-electron chi connectivity index (χ3n) is 3.10. The molecule has 0 fully saturated rings. The molecule has 7 heteroatoms. The molecule has 2 rings (SSSR count). The third-order valence-corrected chi connectivity index (χ3v) is 3.10. The van der Waals surface area contributed by atoms with E-state index in [4.69, 9.17) is 15.0 Å². The zero-order chi connectivity index (χ0) is 14.2. The second kappa shape index (κ2) is 4.75. The molecular formula is C12H19N5O2. The maximum Gasteiger partial charge on any atom is 0.261 e. The van der Waals surface area contributed by atoms with Crippen molar-refractivity contribution in [3.63, 3.8) is 0 Å². The summed E-state index contributed by atoms with van der Waals surface area (Å²) in [6, 6.07) is 0. The molecule has 19 heavy (non-hydrogen) atoms. The molecule has 0 aliphatic heterocycles. The largest absolute Gasteiger partial charge is 0.382 e. The average molecular weight is 265 g/mol. The fourth-order valence-corrected chi connectivity index (χ4v) is 2.00. The topological polar surface area (TPSA) is 92.0 Å². The standard InChI is InChI=1S/C12H19N5O2/c1-7-9(8(2)17(4)15-7)10-14-11(16-19-10)12(3,13)6-18-5/h6,13H2,1-5H3. The number of hydrogen-bond donors (Lipinski definition) is 1. The highest BCUT2D eigenvalue weighted by Gasteiger charge is 2.29. The second-order valence-electron chi connectivity index (χ2n) is 4.94. The van der Waals surface area contributed by atoms with Gasteiger partial charge in [0.05, 0.1) is 17.9 Å². The van der Waals surface area contributed by atoms with Crippen molar-refractivity contribution in [2.75, 3.05) is 13.7 Å². The molecule has 2 aromatic rings. The number of ether oxygens (including phenoxy) is 1. The van der Waals surface area contributed by atoms with Crippen LogP contribution in [0.1, 0.15) is 24.1 Å². The van der Waals surface area contributed by atoms with Crippen LogP contribution in [-0.4, -0.2) is 33.6 Å². The Morgan fingerprint density at radius 1 is 1.42 bits per heavy atom. The van der Waals surface area contributed by atoms with Crippen molar-refractivity contribution < 1.29 is 9.26 Å². The van der Waals surface area contributed by atoms with Crippen LogP contribution in [0.25, 0.3) is 11.5 Å². The predicted octanol–water partition coefficient (Wildman–Crippen LogP) is 0.907. The Bertz CT molecular complexity index is 585. The number of aryl methyl sites for hydroxylation is 2. The molecule has 104 valence electrons. The molecule has 0 aromatic carbocycles. The molecule has 1 atom stereocenters. The summed E-state index contributed by atoms with van der Waals surface area (Å²) < 4.78 is 12.2. The molecule has 1 unspecified atom stereocenters. The number of aromatic nitrogens is 4. The summed E-state index contributed by atoms with van der Waals surface area (Å²) in [5.74, 6) is 0.859. The normalized spacial score (nSPS) is 14.6. The van der Waals surface area contributed by atoms with Crippen molar-refractivity contribution in [1.29, 1.82) is 0 Å². The molecule has 0 aliphatic carbocycles. The first-order valence-corrected chi connectivity index (χ1v) is 5.99. The van der Waals surface area contributed by atoms with Gasteiger partial charge in [-0.25, -0.2) is 0 Å². The highest BCUT2D eigenvalue weighted by Crippen LogP contribution is 2.26. The lowest BCUT2D eigenvalue weighted by molar-refractivity contribution is 0.135. The molecule has 2 N–H and O–H groups in total. The summed E-state index contributed by atoms with van der Waals surface area (Å²) in [7, 11) is 3.46. The van der Waals surface area contributed by atoms with Crippen LogP contribution in [-0.2, 0) is 17.3 Å². The number of nitrogens with zero attached hydrogens (tertiary/aromatic N) is 4. The molecule has 0 saturated heterocycles. The Hall–Kier alpha value is -1.73. The fraction of sp³-hybridized carbons (Fsp3) is 0.583. The van der Waals surface area contributed by atoms with Gasteiger partial charge in [0.15, 0.2) is 5.82 Å². The van der Waals surface area contributed by atoms with Gasteiger partial charge < -0.3 is 15.0 Å². The first kappa shape index (κ1) is 13.7. The molecule has 2 heterocycles. The second-order valence-corrected chi connectivity index (χ2v) is 4.94. The monoisotopic (exact) mass is 265 g/mol. The summed E-state index contributed by atoms with van der Waals surface area (Å²) >= 11 is 0. The Morgan fingerprint density at radius 2 is 2.11 bits per heavy atom. The summed E-state index contributed by atoms with van der Waals surface area (Å²) in [6.45, 7) is 5.98. The summed E-state index contributed by atoms with van der Waals surface area (Å²) in [4.78, 5) is 4.37. The van der Waals surface area contributed by atoms with Crippen LogP contribution in [0.2, 0.25) is 0 Å². The molecule has 0 aliphatic rings. The van der Waals surface area contributed by atoms with E-state index in [1.54, 1.807) is 18.7 Å². The number of hydrogen-bond acceptors (Lipinski definition) is 6. The van der Waals surface area contributed by atoms with Crippen molar-refractivity contribution in [1.82, 2.24) is 19.9 Å². The van der Waals surface area contributed by atoms with Gasteiger partial charge in [0.2, 0.25) is 0 Å². The number of nitrogens with two attached hydrogens (primary N) is 1. The van der Waals surface area contributed by atoms with Crippen molar-refractivity contribution in [2.24, 2.45) is 12.8 Å². The zero-order valence-corrected chi connectivity index (χ0v) is 11.9. The smallest absolute Gasteiger partial charge is 0.261 e. The maximum absolute atomic E-state index is 6.09. The third kappa shape index (κ3) is 2.39. The van der Waals surface area contributed by atoms with Crippen LogP contribution in [0.3, 0.4) is 0 Å². The SMILES string of the molecule is COCC(C)(N)c1noc(-c2c(C)nn(C)c2C)n1. The summed E-state index contributed by atoms with van der Waals surface area (Å²) in [6.07, 6.45) is 0. The van der Waals surface area contributed by atoms with E-state index in [0.717, 1.165) is 17.0 Å². The average Bonchev–Trinajstić information content (AvgIpc) is 2.86. The quantitative estimate of drug-likeness (QED) is 0.883. The van der Waals surface area contributed by atoms with E-state index in [0.29, 0.717) is 18.3 Å². The minimum absolute atomic E-state index is 0.316. The van der Waals surface area contributed by atoms with Gasteiger partial charge in [0.25, 0.3) is 5.89 Å². The van der Waals surface area contributed by atoms with Crippen LogP contribution < -0.4 is 5.73 Å². The molecular weight excluding hydrogens is 246 g/mol. The number of rotatable bonds is 4. The lowest BCUT2D eigenvalue weighted by atomic mass is 10.1. The van der Waals surface area contributed by atoms with Gasteiger partial charge in [-0.05, 0) is 20.8 Å². The van der Waals surface area contributed by atoms with E-state index in [9.17, 15) is 0 Å². The molecule has 0 bridgehead atoms. The van der Waals surface area contributed by atoms with Crippen LogP contribution >= 0.6 is 0 Å². The van der Waals surface area contributed by atoms with Crippen LogP contribution in [0.4, 0.5) is 0 Å². The summed E-state index contributed by atoms with van der Waals surface area (Å²) in [5.41, 5.74) is 7.99.